The Bertz CT molecular complexity index is 246. The summed E-state index contributed by atoms with van der Waals surface area (Å²) in [5.74, 6) is 0.772. The normalized spacial score (nSPS) is 8.69. The minimum atomic E-state index is 0.656. The molecule has 0 saturated heterocycles. The molecule has 0 aliphatic heterocycles. The number of hydrogen-bond donors (Lipinski definition) is 0. The van der Waals surface area contributed by atoms with E-state index in [1.54, 1.807) is 0 Å². The Hall–Kier alpha value is -0.690. The molecule has 0 aromatic heterocycles. The Morgan fingerprint density at radius 3 is 2.46 bits per heavy atom. The first kappa shape index (κ1) is 12.3. The van der Waals surface area contributed by atoms with Crippen LogP contribution in [0.15, 0.2) is 18.2 Å². The van der Waals surface area contributed by atoms with Crippen LogP contribution in [0.2, 0.25) is 5.02 Å². The third-order valence-corrected chi connectivity index (χ3v) is 1.70. The highest BCUT2D eigenvalue weighted by molar-refractivity contribution is 6.32. The van der Waals surface area contributed by atoms with Crippen molar-refractivity contribution in [2.45, 2.75) is 27.7 Å². The highest BCUT2D eigenvalue weighted by Crippen LogP contribution is 2.24. The second kappa shape index (κ2) is 6.79. The molecule has 1 rings (SSSR count). The third kappa shape index (κ3) is 4.18. The van der Waals surface area contributed by atoms with Crippen molar-refractivity contribution in [2.24, 2.45) is 0 Å². The molecule has 0 amide bonds. The largest absolute Gasteiger partial charge is 0.492 e. The molecule has 0 aliphatic rings. The average Bonchev–Trinajstić information content (AvgIpc) is 2.15. The molecule has 0 spiro atoms. The van der Waals surface area contributed by atoms with Crippen LogP contribution < -0.4 is 4.74 Å². The van der Waals surface area contributed by atoms with E-state index in [1.807, 2.05) is 45.9 Å². The number of rotatable bonds is 2. The van der Waals surface area contributed by atoms with Crippen molar-refractivity contribution >= 4 is 11.6 Å². The molecule has 2 heteroatoms. The van der Waals surface area contributed by atoms with Gasteiger partial charge in [0.25, 0.3) is 0 Å². The maximum absolute atomic E-state index is 5.85. The van der Waals surface area contributed by atoms with Crippen molar-refractivity contribution in [1.82, 2.24) is 0 Å². The number of hydrogen-bond acceptors (Lipinski definition) is 1. The summed E-state index contributed by atoms with van der Waals surface area (Å²) in [4.78, 5) is 0. The van der Waals surface area contributed by atoms with Crippen LogP contribution in [-0.4, -0.2) is 6.61 Å². The monoisotopic (exact) mass is 200 g/mol. The number of benzene rings is 1. The van der Waals surface area contributed by atoms with E-state index in [1.165, 1.54) is 0 Å². The van der Waals surface area contributed by atoms with E-state index in [-0.39, 0.29) is 0 Å². The lowest BCUT2D eigenvalue weighted by Gasteiger charge is -2.05. The summed E-state index contributed by atoms with van der Waals surface area (Å²) in [7, 11) is 0. The van der Waals surface area contributed by atoms with Gasteiger partial charge in [-0.2, -0.15) is 0 Å². The van der Waals surface area contributed by atoms with Gasteiger partial charge in [-0.05, 0) is 31.5 Å². The molecule has 0 unspecified atom stereocenters. The SMILES string of the molecule is CC.CCOc1cc(C)ccc1Cl. The molecule has 0 bridgehead atoms. The predicted octanol–water partition coefficient (Wildman–Crippen LogP) is 4.07. The lowest BCUT2D eigenvalue weighted by atomic mass is 10.2. The Labute approximate surface area is 85.7 Å². The van der Waals surface area contributed by atoms with Crippen LogP contribution in [0.3, 0.4) is 0 Å². The van der Waals surface area contributed by atoms with E-state index >= 15 is 0 Å². The van der Waals surface area contributed by atoms with Crippen LogP contribution in [0.5, 0.6) is 5.75 Å². The number of aryl methyl sites for hydroxylation is 1. The molecule has 0 atom stereocenters. The van der Waals surface area contributed by atoms with Crippen molar-refractivity contribution in [1.29, 1.82) is 0 Å². The van der Waals surface area contributed by atoms with Crippen molar-refractivity contribution < 1.29 is 4.74 Å². The summed E-state index contributed by atoms with van der Waals surface area (Å²) < 4.78 is 5.29. The Morgan fingerprint density at radius 2 is 1.92 bits per heavy atom. The van der Waals surface area contributed by atoms with Gasteiger partial charge < -0.3 is 4.74 Å². The second-order valence-corrected chi connectivity index (χ2v) is 2.77. The van der Waals surface area contributed by atoms with E-state index in [4.69, 9.17) is 16.3 Å². The first-order valence-corrected chi connectivity index (χ1v) is 5.00. The molecular weight excluding hydrogens is 184 g/mol. The fourth-order valence-electron chi connectivity index (χ4n) is 0.877. The third-order valence-electron chi connectivity index (χ3n) is 1.39. The predicted molar refractivity (Wildman–Crippen MR) is 58.7 cm³/mol. The Kier molecular flexibility index (Phi) is 6.43. The van der Waals surface area contributed by atoms with Crippen LogP contribution >= 0.6 is 11.6 Å². The zero-order valence-corrected chi connectivity index (χ0v) is 9.48. The summed E-state index contributed by atoms with van der Waals surface area (Å²) in [5.41, 5.74) is 1.16. The lowest BCUT2D eigenvalue weighted by molar-refractivity contribution is 0.340. The summed E-state index contributed by atoms with van der Waals surface area (Å²) >= 11 is 5.85. The molecule has 0 N–H and O–H groups in total. The molecule has 1 aromatic rings. The topological polar surface area (TPSA) is 9.23 Å². The van der Waals surface area contributed by atoms with Gasteiger partial charge in [-0.25, -0.2) is 0 Å². The first-order valence-electron chi connectivity index (χ1n) is 4.63. The quantitative estimate of drug-likeness (QED) is 0.699. The summed E-state index contributed by atoms with van der Waals surface area (Å²) in [6.07, 6.45) is 0. The van der Waals surface area contributed by atoms with Crippen LogP contribution in [0, 0.1) is 6.92 Å². The van der Waals surface area contributed by atoms with Gasteiger partial charge in [0.1, 0.15) is 5.75 Å². The van der Waals surface area contributed by atoms with Crippen LogP contribution in [0.4, 0.5) is 0 Å². The van der Waals surface area contributed by atoms with Crippen LogP contribution in [0.25, 0.3) is 0 Å². The molecule has 0 saturated carbocycles. The minimum Gasteiger partial charge on any atom is -0.492 e. The van der Waals surface area contributed by atoms with E-state index < -0.39 is 0 Å². The molecule has 0 heterocycles. The van der Waals surface area contributed by atoms with Gasteiger partial charge in [-0.15, -0.1) is 0 Å². The zero-order chi connectivity index (χ0) is 10.3. The maximum Gasteiger partial charge on any atom is 0.138 e. The zero-order valence-electron chi connectivity index (χ0n) is 8.73. The van der Waals surface area contributed by atoms with Gasteiger partial charge in [0.05, 0.1) is 11.6 Å². The van der Waals surface area contributed by atoms with Crippen molar-refractivity contribution in [3.8, 4) is 5.75 Å². The highest BCUT2D eigenvalue weighted by Gasteiger charge is 1.98. The van der Waals surface area contributed by atoms with Gasteiger partial charge in [0, 0.05) is 0 Å². The van der Waals surface area contributed by atoms with E-state index in [0.717, 1.165) is 11.3 Å². The molecule has 1 nitrogen and oxygen atoms in total. The van der Waals surface area contributed by atoms with Crippen molar-refractivity contribution in [3.05, 3.63) is 28.8 Å². The van der Waals surface area contributed by atoms with E-state index in [2.05, 4.69) is 0 Å². The maximum atomic E-state index is 5.85. The standard InChI is InChI=1S/C9H11ClO.C2H6/c1-3-11-9-6-7(2)4-5-8(9)10;1-2/h4-6H,3H2,1-2H3;1-2H3. The minimum absolute atomic E-state index is 0.656. The van der Waals surface area contributed by atoms with Gasteiger partial charge >= 0.3 is 0 Å². The van der Waals surface area contributed by atoms with Crippen LogP contribution in [-0.2, 0) is 0 Å². The number of halogens is 1. The van der Waals surface area contributed by atoms with Gasteiger partial charge in [0.2, 0.25) is 0 Å². The Morgan fingerprint density at radius 1 is 1.31 bits per heavy atom. The number of ether oxygens (including phenoxy) is 1. The van der Waals surface area contributed by atoms with Gasteiger partial charge in [-0.3, -0.25) is 0 Å². The highest BCUT2D eigenvalue weighted by atomic mass is 35.5. The molecule has 13 heavy (non-hydrogen) atoms. The second-order valence-electron chi connectivity index (χ2n) is 2.37. The van der Waals surface area contributed by atoms with E-state index in [0.29, 0.717) is 11.6 Å². The molecule has 0 fully saturated rings. The summed E-state index contributed by atoms with van der Waals surface area (Å²) in [6.45, 7) is 8.61. The summed E-state index contributed by atoms with van der Waals surface area (Å²) in [5, 5.41) is 0.678. The van der Waals surface area contributed by atoms with Crippen molar-refractivity contribution in [3.63, 3.8) is 0 Å². The van der Waals surface area contributed by atoms with E-state index in [9.17, 15) is 0 Å². The van der Waals surface area contributed by atoms with Gasteiger partial charge in [-0.1, -0.05) is 31.5 Å². The molecule has 1 aromatic carbocycles. The van der Waals surface area contributed by atoms with Gasteiger partial charge in [0.15, 0.2) is 0 Å². The average molecular weight is 201 g/mol. The Balaban J connectivity index is 0.000000671. The lowest BCUT2D eigenvalue weighted by Crippen LogP contribution is -1.92. The van der Waals surface area contributed by atoms with Crippen LogP contribution in [0.1, 0.15) is 26.3 Å². The van der Waals surface area contributed by atoms with Crippen molar-refractivity contribution in [2.75, 3.05) is 6.61 Å². The first-order chi connectivity index (χ1) is 6.24. The molecule has 0 aliphatic carbocycles. The summed E-state index contributed by atoms with van der Waals surface area (Å²) in [6, 6.07) is 5.75. The molecule has 74 valence electrons. The molecule has 0 radical (unpaired) electrons. The fourth-order valence-corrected chi connectivity index (χ4v) is 1.05. The smallest absolute Gasteiger partial charge is 0.138 e. The molecular formula is C11H17ClO. The fraction of sp³-hybridized carbons (Fsp3) is 0.455.